The minimum Gasteiger partial charge on any atom is -0.417 e. The summed E-state index contributed by atoms with van der Waals surface area (Å²) in [5.74, 6) is 4.48. The molecule has 0 saturated heterocycles. The van der Waals surface area contributed by atoms with Crippen LogP contribution in [0, 0.1) is 34.6 Å². The van der Waals surface area contributed by atoms with Crippen LogP contribution in [-0.2, 0) is 35.2 Å². The molecule has 9 heterocycles. The molecule has 0 radical (unpaired) electrons. The van der Waals surface area contributed by atoms with Crippen molar-refractivity contribution < 1.29 is 44.9 Å². The Bertz CT molecular complexity index is 2410. The standard InChI is InChI=1S/C9H10NO.4C8H9N2O/c1-7-10(2)8-5-3-4-6-9(8)11-7;1-6-10(2)7-5-9-4-3-8(7)11-6;1-6-10(2)7-3-4-9-5-8(7)11-6;1-6-10(2)8-7(11-6)4-3-5-9-8;1-6-10(2)7-4-3-5-9-8(7)11-6/h3-6H,1-2H3;4*3-5H,1-2H3/q5*+1. The van der Waals surface area contributed by atoms with Crippen molar-refractivity contribution in [2.75, 3.05) is 0 Å². The molecule has 0 bridgehead atoms. The van der Waals surface area contributed by atoms with Crippen molar-refractivity contribution in [1.29, 1.82) is 0 Å². The molecular formula is C41H46N9O5+5. The molecule has 0 N–H and O–H groups in total. The largest absolute Gasteiger partial charge is 0.417 e. The van der Waals surface area contributed by atoms with E-state index >= 15 is 0 Å². The molecule has 14 nitrogen and oxygen atoms in total. The second kappa shape index (κ2) is 16.5. The van der Waals surface area contributed by atoms with Crippen molar-refractivity contribution in [2.45, 2.75) is 34.6 Å². The van der Waals surface area contributed by atoms with Gasteiger partial charge in [0, 0.05) is 49.8 Å². The van der Waals surface area contributed by atoms with E-state index in [1.807, 2.05) is 153 Å². The lowest BCUT2D eigenvalue weighted by atomic mass is 10.3. The van der Waals surface area contributed by atoms with E-state index in [-0.39, 0.29) is 0 Å². The Hall–Kier alpha value is -6.83. The monoisotopic (exact) mass is 744 g/mol. The summed E-state index contributed by atoms with van der Waals surface area (Å²) in [5, 5.41) is 0. The van der Waals surface area contributed by atoms with Crippen molar-refractivity contribution >= 4 is 55.8 Å². The molecule has 9 aromatic heterocycles. The SMILES string of the molecule is Cc1oc2ccccc2[n+]1C.Cc1oc2cccnc2[n+]1C.Cc1oc2ccncc2[n+]1C.Cc1oc2cnccc2[n+]1C.Cc1oc2ncccc2[n+]1C. The molecule has 0 atom stereocenters. The van der Waals surface area contributed by atoms with Crippen LogP contribution in [-0.4, -0.2) is 19.9 Å². The molecule has 1 aromatic carbocycles. The highest BCUT2D eigenvalue weighted by molar-refractivity contribution is 5.69. The number of aryl methyl sites for hydroxylation is 10. The van der Waals surface area contributed by atoms with Gasteiger partial charge >= 0.3 is 29.2 Å². The first-order valence-electron chi connectivity index (χ1n) is 17.6. The van der Waals surface area contributed by atoms with Crippen molar-refractivity contribution in [2.24, 2.45) is 35.2 Å². The molecule has 0 aliphatic heterocycles. The van der Waals surface area contributed by atoms with Crippen LogP contribution in [0.5, 0.6) is 0 Å². The molecule has 0 spiro atoms. The van der Waals surface area contributed by atoms with Crippen LogP contribution in [0.25, 0.3) is 55.8 Å². The molecule has 10 aromatic rings. The van der Waals surface area contributed by atoms with E-state index in [0.29, 0.717) is 5.71 Å². The highest BCUT2D eigenvalue weighted by Crippen LogP contribution is 2.13. The summed E-state index contributed by atoms with van der Waals surface area (Å²) in [6.07, 6.45) is 10.5. The van der Waals surface area contributed by atoms with Gasteiger partial charge in [0.15, 0.2) is 0 Å². The van der Waals surface area contributed by atoms with Crippen LogP contribution in [0.1, 0.15) is 29.5 Å². The van der Waals surface area contributed by atoms with Gasteiger partial charge in [0.2, 0.25) is 22.3 Å². The van der Waals surface area contributed by atoms with Gasteiger partial charge in [0.1, 0.15) is 40.6 Å². The molecule has 0 fully saturated rings. The van der Waals surface area contributed by atoms with Gasteiger partial charge in [-0.15, -0.1) is 0 Å². The molecule has 0 aliphatic carbocycles. The molecule has 0 aliphatic rings. The lowest BCUT2D eigenvalue weighted by molar-refractivity contribution is -0.658. The number of fused-ring (bicyclic) bond motifs is 5. The third kappa shape index (κ3) is 8.23. The Morgan fingerprint density at radius 3 is 1.51 bits per heavy atom. The number of nitrogens with zero attached hydrogens (tertiary/aromatic N) is 9. The Morgan fingerprint density at radius 1 is 0.382 bits per heavy atom. The number of hydrogen-bond donors (Lipinski definition) is 0. The van der Waals surface area contributed by atoms with Crippen LogP contribution in [0.4, 0.5) is 0 Å². The highest BCUT2D eigenvalue weighted by atomic mass is 16.4. The molecular weight excluding hydrogens is 699 g/mol. The summed E-state index contributed by atoms with van der Waals surface area (Å²) in [5.41, 5.74) is 9.41. The maximum absolute atomic E-state index is 5.46. The zero-order valence-electron chi connectivity index (χ0n) is 32.8. The van der Waals surface area contributed by atoms with Gasteiger partial charge in [-0.2, -0.15) is 22.8 Å². The van der Waals surface area contributed by atoms with Gasteiger partial charge in [-0.1, -0.05) is 12.1 Å². The van der Waals surface area contributed by atoms with Gasteiger partial charge in [-0.3, -0.25) is 9.97 Å². The molecule has 0 amide bonds. The maximum Gasteiger partial charge on any atom is 0.368 e. The second-order valence-corrected chi connectivity index (χ2v) is 12.7. The zero-order valence-corrected chi connectivity index (χ0v) is 32.8. The van der Waals surface area contributed by atoms with Crippen molar-refractivity contribution in [3.8, 4) is 0 Å². The van der Waals surface area contributed by atoms with E-state index in [0.717, 1.165) is 79.5 Å². The summed E-state index contributed by atoms with van der Waals surface area (Å²) in [4.78, 5) is 16.2. The normalized spacial score (nSPS) is 10.7. The maximum atomic E-state index is 5.46. The predicted octanol–water partition coefficient (Wildman–Crippen LogP) is 5.41. The number of benzene rings is 1. The van der Waals surface area contributed by atoms with Gasteiger partial charge in [0.25, 0.3) is 33.7 Å². The number of oxazole rings is 5. The first-order valence-corrected chi connectivity index (χ1v) is 17.6. The summed E-state index contributed by atoms with van der Waals surface area (Å²) in [7, 11) is 9.84. The number of para-hydroxylation sites is 2. The minimum atomic E-state index is 0.701. The molecule has 0 unspecified atom stereocenters. The smallest absolute Gasteiger partial charge is 0.368 e. The fourth-order valence-electron chi connectivity index (χ4n) is 5.64. The molecule has 10 rings (SSSR count). The van der Waals surface area contributed by atoms with Crippen LogP contribution in [0.3, 0.4) is 0 Å². The van der Waals surface area contributed by atoms with Crippen LogP contribution < -0.4 is 22.8 Å². The van der Waals surface area contributed by atoms with Gasteiger partial charge in [0.05, 0.1) is 40.9 Å². The van der Waals surface area contributed by atoms with Crippen LogP contribution in [0.15, 0.2) is 120 Å². The van der Waals surface area contributed by atoms with Crippen molar-refractivity contribution in [1.82, 2.24) is 19.9 Å². The highest BCUT2D eigenvalue weighted by Gasteiger charge is 2.16. The van der Waals surface area contributed by atoms with E-state index in [2.05, 4.69) is 19.9 Å². The lowest BCUT2D eigenvalue weighted by Gasteiger charge is -1.79. The Labute approximate surface area is 317 Å². The second-order valence-electron chi connectivity index (χ2n) is 12.7. The quantitative estimate of drug-likeness (QED) is 0.187. The van der Waals surface area contributed by atoms with Crippen LogP contribution in [0.2, 0.25) is 0 Å². The average Bonchev–Trinajstić information content (AvgIpc) is 3.94. The van der Waals surface area contributed by atoms with E-state index in [9.17, 15) is 0 Å². The average molecular weight is 745 g/mol. The Balaban J connectivity index is 0.000000117. The minimum absolute atomic E-state index is 0.701. The third-order valence-corrected chi connectivity index (χ3v) is 9.29. The number of rotatable bonds is 0. The van der Waals surface area contributed by atoms with Gasteiger partial charge in [-0.25, -0.2) is 4.98 Å². The van der Waals surface area contributed by atoms with Gasteiger partial charge in [-0.05, 0) is 29.2 Å². The molecule has 280 valence electrons. The fraction of sp³-hybridized carbons (Fsp3) is 0.244. The first kappa shape index (κ1) is 37.9. The van der Waals surface area contributed by atoms with Crippen LogP contribution >= 0.6 is 0 Å². The molecule has 14 heteroatoms. The topological polar surface area (TPSA) is 137 Å². The van der Waals surface area contributed by atoms with E-state index in [1.54, 1.807) is 37.2 Å². The van der Waals surface area contributed by atoms with E-state index < -0.39 is 0 Å². The summed E-state index contributed by atoms with van der Waals surface area (Å²) in [6.45, 7) is 9.66. The third-order valence-electron chi connectivity index (χ3n) is 9.29. The van der Waals surface area contributed by atoms with Crippen molar-refractivity contribution in [3.63, 3.8) is 0 Å². The lowest BCUT2D eigenvalue weighted by Crippen LogP contribution is -2.29. The molecule has 0 saturated carbocycles. The zero-order chi connectivity index (χ0) is 39.2. The summed E-state index contributed by atoms with van der Waals surface area (Å²) >= 11 is 0. The van der Waals surface area contributed by atoms with Gasteiger partial charge < -0.3 is 22.1 Å². The summed E-state index contributed by atoms with van der Waals surface area (Å²) < 4.78 is 36.9. The predicted molar refractivity (Wildman–Crippen MR) is 202 cm³/mol. The Morgan fingerprint density at radius 2 is 0.855 bits per heavy atom. The summed E-state index contributed by atoms with van der Waals surface area (Å²) in [6, 6.07) is 19.5. The number of pyridine rings is 4. The first-order chi connectivity index (χ1) is 26.4. The number of aromatic nitrogens is 9. The molecule has 55 heavy (non-hydrogen) atoms. The Kier molecular flexibility index (Phi) is 11.3. The fourth-order valence-corrected chi connectivity index (χ4v) is 5.64. The number of hydrogen-bond acceptors (Lipinski definition) is 9. The van der Waals surface area contributed by atoms with E-state index in [1.165, 1.54) is 0 Å². The van der Waals surface area contributed by atoms with E-state index in [4.69, 9.17) is 22.1 Å². The van der Waals surface area contributed by atoms with Crippen molar-refractivity contribution in [3.05, 3.63) is 127 Å².